The van der Waals surface area contributed by atoms with Gasteiger partial charge in [-0.15, -0.1) is 5.10 Å². The minimum atomic E-state index is -1.02. The summed E-state index contributed by atoms with van der Waals surface area (Å²) in [5.74, 6) is 0.820. The van der Waals surface area contributed by atoms with Crippen LogP contribution >= 0.6 is 0 Å². The number of hydrogen-bond donors (Lipinski definition) is 1. The Morgan fingerprint density at radius 2 is 1.76 bits per heavy atom. The Morgan fingerprint density at radius 3 is 2.38 bits per heavy atom. The molecule has 2 aromatic carbocycles. The number of rotatable bonds is 9. The van der Waals surface area contributed by atoms with Crippen LogP contribution in [0.1, 0.15) is 38.1 Å². The van der Waals surface area contributed by atoms with Gasteiger partial charge >= 0.3 is 0 Å². The summed E-state index contributed by atoms with van der Waals surface area (Å²) in [6, 6.07) is 15.0. The summed E-state index contributed by atoms with van der Waals surface area (Å²) in [5.41, 5.74) is 1.38. The number of carbonyl (C=O) groups is 2. The average molecular weight is 506 g/mol. The van der Waals surface area contributed by atoms with Crippen molar-refractivity contribution in [1.29, 1.82) is 0 Å². The molecule has 0 spiro atoms. The monoisotopic (exact) mass is 505 g/mol. The molecule has 0 saturated carbocycles. The van der Waals surface area contributed by atoms with Gasteiger partial charge in [0.2, 0.25) is 11.8 Å². The predicted octanol–water partition coefficient (Wildman–Crippen LogP) is 3.73. The molecule has 0 aliphatic heterocycles. The summed E-state index contributed by atoms with van der Waals surface area (Å²) in [5, 5.41) is 11.3. The van der Waals surface area contributed by atoms with E-state index in [0.29, 0.717) is 33.9 Å². The molecule has 4 rings (SSSR count). The molecule has 2 amide bonds. The van der Waals surface area contributed by atoms with Crippen molar-refractivity contribution in [3.63, 3.8) is 0 Å². The zero-order valence-electron chi connectivity index (χ0n) is 21.6. The van der Waals surface area contributed by atoms with Gasteiger partial charge in [-0.25, -0.2) is 4.68 Å². The van der Waals surface area contributed by atoms with Crippen LogP contribution in [0.2, 0.25) is 0 Å². The smallest absolute Gasteiger partial charge is 0.247 e. The van der Waals surface area contributed by atoms with Crippen LogP contribution in [0.5, 0.6) is 11.5 Å². The van der Waals surface area contributed by atoms with Crippen molar-refractivity contribution in [2.45, 2.75) is 45.4 Å². The fourth-order valence-corrected chi connectivity index (χ4v) is 4.05. The SMILES string of the molecule is COc1cc(OC)cc(C(C(=O)NC(C)(C)C)N(Cc2ccco2)C(=O)Cn2nnc3ccccc32)c1. The van der Waals surface area contributed by atoms with Gasteiger partial charge in [-0.1, -0.05) is 17.3 Å². The second kappa shape index (κ2) is 10.7. The lowest BCUT2D eigenvalue weighted by Crippen LogP contribution is -2.49. The zero-order valence-corrected chi connectivity index (χ0v) is 21.6. The number of hydrogen-bond acceptors (Lipinski definition) is 7. The first-order valence-electron chi connectivity index (χ1n) is 11.8. The minimum absolute atomic E-state index is 0.0558. The van der Waals surface area contributed by atoms with Crippen LogP contribution in [0.4, 0.5) is 0 Å². The number of ether oxygens (including phenoxy) is 2. The van der Waals surface area contributed by atoms with E-state index >= 15 is 0 Å². The number of furan rings is 1. The Labute approximate surface area is 215 Å². The van der Waals surface area contributed by atoms with Crippen LogP contribution in [0.15, 0.2) is 65.3 Å². The molecule has 10 heteroatoms. The number of nitrogens with zero attached hydrogens (tertiary/aromatic N) is 4. The maximum atomic E-state index is 13.9. The third-order valence-electron chi connectivity index (χ3n) is 5.68. The molecule has 0 aliphatic rings. The van der Waals surface area contributed by atoms with Gasteiger partial charge in [-0.05, 0) is 62.7 Å². The van der Waals surface area contributed by atoms with Crippen molar-refractivity contribution < 1.29 is 23.5 Å². The van der Waals surface area contributed by atoms with Gasteiger partial charge in [0.15, 0.2) is 0 Å². The van der Waals surface area contributed by atoms with E-state index in [1.807, 2.05) is 45.0 Å². The Hall–Kier alpha value is -4.34. The Morgan fingerprint density at radius 1 is 1.05 bits per heavy atom. The number of fused-ring (bicyclic) bond motifs is 1. The van der Waals surface area contributed by atoms with Crippen LogP contribution < -0.4 is 14.8 Å². The van der Waals surface area contributed by atoms with E-state index in [4.69, 9.17) is 13.9 Å². The van der Waals surface area contributed by atoms with Gasteiger partial charge in [0.25, 0.3) is 0 Å². The summed E-state index contributed by atoms with van der Waals surface area (Å²) in [7, 11) is 3.06. The van der Waals surface area contributed by atoms with E-state index in [2.05, 4.69) is 15.6 Å². The zero-order chi connectivity index (χ0) is 26.6. The third-order valence-corrected chi connectivity index (χ3v) is 5.68. The van der Waals surface area contributed by atoms with E-state index in [1.165, 1.54) is 30.1 Å². The molecule has 2 heterocycles. The van der Waals surface area contributed by atoms with Gasteiger partial charge in [0.05, 0.1) is 32.5 Å². The lowest BCUT2D eigenvalue weighted by Gasteiger charge is -2.33. The van der Waals surface area contributed by atoms with Crippen LogP contribution in [-0.2, 0) is 22.7 Å². The summed E-state index contributed by atoms with van der Waals surface area (Å²) in [4.78, 5) is 29.2. The van der Waals surface area contributed by atoms with Crippen LogP contribution in [-0.4, -0.2) is 51.5 Å². The number of para-hydroxylation sites is 1. The maximum absolute atomic E-state index is 13.9. The number of aromatic nitrogens is 3. The average Bonchev–Trinajstić information content (AvgIpc) is 3.52. The molecule has 10 nitrogen and oxygen atoms in total. The van der Waals surface area contributed by atoms with Crippen LogP contribution in [0, 0.1) is 0 Å². The van der Waals surface area contributed by atoms with Gasteiger partial charge < -0.3 is 24.1 Å². The summed E-state index contributed by atoms with van der Waals surface area (Å²) >= 11 is 0. The molecule has 0 fully saturated rings. The van der Waals surface area contributed by atoms with Crippen molar-refractivity contribution >= 4 is 22.8 Å². The molecule has 0 bridgehead atoms. The first-order chi connectivity index (χ1) is 17.7. The second-order valence-corrected chi connectivity index (χ2v) is 9.62. The highest BCUT2D eigenvalue weighted by atomic mass is 16.5. The molecule has 1 N–H and O–H groups in total. The lowest BCUT2D eigenvalue weighted by atomic mass is 10.0. The first-order valence-corrected chi connectivity index (χ1v) is 11.8. The first kappa shape index (κ1) is 25.7. The largest absolute Gasteiger partial charge is 0.497 e. The fourth-order valence-electron chi connectivity index (χ4n) is 4.05. The van der Waals surface area contributed by atoms with Crippen molar-refractivity contribution in [3.05, 3.63) is 72.2 Å². The van der Waals surface area contributed by atoms with Gasteiger partial charge in [-0.3, -0.25) is 9.59 Å². The Kier molecular flexibility index (Phi) is 7.47. The van der Waals surface area contributed by atoms with Crippen LogP contribution in [0.25, 0.3) is 11.0 Å². The predicted molar refractivity (Wildman–Crippen MR) is 137 cm³/mol. The number of benzene rings is 2. The second-order valence-electron chi connectivity index (χ2n) is 9.62. The van der Waals surface area contributed by atoms with E-state index in [9.17, 15) is 9.59 Å². The number of methoxy groups -OCH3 is 2. The van der Waals surface area contributed by atoms with Gasteiger partial charge in [0, 0.05) is 11.6 Å². The Bertz CT molecular complexity index is 1350. The highest BCUT2D eigenvalue weighted by molar-refractivity contribution is 5.89. The third kappa shape index (κ3) is 6.08. The normalized spacial score (nSPS) is 12.2. The minimum Gasteiger partial charge on any atom is -0.497 e. The molecule has 0 saturated heterocycles. The molecule has 0 aliphatic carbocycles. The molecular formula is C27H31N5O5. The number of nitrogens with one attached hydrogen (secondary N) is 1. The molecule has 194 valence electrons. The summed E-state index contributed by atoms with van der Waals surface area (Å²) in [6.07, 6.45) is 1.53. The molecule has 37 heavy (non-hydrogen) atoms. The van der Waals surface area contributed by atoms with Gasteiger partial charge in [-0.2, -0.15) is 0 Å². The molecule has 4 aromatic rings. The summed E-state index contributed by atoms with van der Waals surface area (Å²) < 4.78 is 18.0. The molecular weight excluding hydrogens is 474 g/mol. The van der Waals surface area contributed by atoms with Crippen molar-refractivity contribution in [2.75, 3.05) is 14.2 Å². The molecule has 2 aromatic heterocycles. The van der Waals surface area contributed by atoms with Gasteiger partial charge in [0.1, 0.15) is 35.4 Å². The standard InChI is InChI=1S/C27H31N5O5/c1-27(2,3)28-26(34)25(18-13-20(35-4)15-21(14-18)36-5)31(16-19-9-8-12-37-19)24(33)17-32-23-11-7-6-10-22(23)29-30-32/h6-15,25H,16-17H2,1-5H3,(H,28,34). The van der Waals surface area contributed by atoms with E-state index in [0.717, 1.165) is 0 Å². The van der Waals surface area contributed by atoms with E-state index in [1.54, 1.807) is 30.3 Å². The molecule has 1 unspecified atom stereocenters. The summed E-state index contributed by atoms with van der Waals surface area (Å²) in [6.45, 7) is 5.58. The van der Waals surface area contributed by atoms with Crippen molar-refractivity contribution in [2.24, 2.45) is 0 Å². The fraction of sp³-hybridized carbons (Fsp3) is 0.333. The molecule has 1 atom stereocenters. The van der Waals surface area contributed by atoms with Crippen molar-refractivity contribution in [3.8, 4) is 11.5 Å². The van der Waals surface area contributed by atoms with Crippen LogP contribution in [0.3, 0.4) is 0 Å². The number of carbonyl (C=O) groups excluding carboxylic acids is 2. The highest BCUT2D eigenvalue weighted by Gasteiger charge is 2.35. The lowest BCUT2D eigenvalue weighted by molar-refractivity contribution is -0.143. The van der Waals surface area contributed by atoms with E-state index in [-0.39, 0.29) is 24.9 Å². The quantitative estimate of drug-likeness (QED) is 0.369. The van der Waals surface area contributed by atoms with E-state index < -0.39 is 11.6 Å². The topological polar surface area (TPSA) is 112 Å². The highest BCUT2D eigenvalue weighted by Crippen LogP contribution is 2.32. The molecule has 0 radical (unpaired) electrons. The maximum Gasteiger partial charge on any atom is 0.247 e. The number of amides is 2. The Balaban J connectivity index is 1.80. The van der Waals surface area contributed by atoms with Crippen molar-refractivity contribution in [1.82, 2.24) is 25.2 Å².